The zero-order valence-corrected chi connectivity index (χ0v) is 8.33. The average Bonchev–Trinajstić information content (AvgIpc) is 2.23. The van der Waals surface area contributed by atoms with Gasteiger partial charge < -0.3 is 5.32 Å². The van der Waals surface area contributed by atoms with Gasteiger partial charge in [0.25, 0.3) is 0 Å². The first-order valence-electron chi connectivity index (χ1n) is 4.64. The van der Waals surface area contributed by atoms with E-state index in [1.165, 1.54) is 18.2 Å². The number of nitrogens with zero attached hydrogens (tertiary/aromatic N) is 1. The molecule has 0 aromatic heterocycles. The summed E-state index contributed by atoms with van der Waals surface area (Å²) in [5.41, 5.74) is 0.108. The molecule has 1 amide bonds. The Labute approximate surface area is 87.5 Å². The van der Waals surface area contributed by atoms with Crippen LogP contribution in [-0.2, 0) is 4.79 Å². The van der Waals surface area contributed by atoms with Gasteiger partial charge in [0.2, 0.25) is 5.91 Å². The summed E-state index contributed by atoms with van der Waals surface area (Å²) in [5.74, 6) is -1.70. The second kappa shape index (κ2) is 5.11. The van der Waals surface area contributed by atoms with Crippen LogP contribution in [0.15, 0.2) is 24.3 Å². The molecule has 0 spiro atoms. The van der Waals surface area contributed by atoms with E-state index in [4.69, 9.17) is 5.26 Å². The van der Waals surface area contributed by atoms with Crippen molar-refractivity contribution in [1.82, 2.24) is 0 Å². The predicted octanol–water partition coefficient (Wildman–Crippen LogP) is 2.31. The molecule has 0 fully saturated rings. The lowest BCUT2D eigenvalue weighted by Crippen LogP contribution is -2.21. The normalized spacial score (nSPS) is 11.5. The maximum atomic E-state index is 13.1. The van der Waals surface area contributed by atoms with Crippen LogP contribution in [0.3, 0.4) is 0 Å². The van der Waals surface area contributed by atoms with Gasteiger partial charge in [0, 0.05) is 0 Å². The lowest BCUT2D eigenvalue weighted by molar-refractivity contribution is -0.118. The Morgan fingerprint density at radius 3 is 2.80 bits per heavy atom. The van der Waals surface area contributed by atoms with Crippen LogP contribution in [0.2, 0.25) is 0 Å². The largest absolute Gasteiger partial charge is 0.322 e. The number of amides is 1. The molecular weight excluding hydrogens is 195 g/mol. The summed E-state index contributed by atoms with van der Waals surface area (Å²) in [5, 5.41) is 11.0. The van der Waals surface area contributed by atoms with Crippen LogP contribution in [0.25, 0.3) is 0 Å². The molecule has 0 heterocycles. The van der Waals surface area contributed by atoms with Crippen molar-refractivity contribution in [3.8, 4) is 6.07 Å². The highest BCUT2D eigenvalue weighted by molar-refractivity contribution is 5.94. The first-order chi connectivity index (χ1) is 7.19. The molecule has 1 aromatic carbocycles. The lowest BCUT2D eigenvalue weighted by atomic mass is 10.1. The van der Waals surface area contributed by atoms with E-state index in [0.29, 0.717) is 6.42 Å². The first-order valence-corrected chi connectivity index (χ1v) is 4.64. The number of anilines is 1. The summed E-state index contributed by atoms with van der Waals surface area (Å²) in [6.07, 6.45) is 0.413. The number of nitrogens with one attached hydrogen (secondary N) is 1. The van der Waals surface area contributed by atoms with E-state index in [1.807, 2.05) is 6.07 Å². The van der Waals surface area contributed by atoms with Crippen molar-refractivity contribution < 1.29 is 9.18 Å². The van der Waals surface area contributed by atoms with E-state index >= 15 is 0 Å². The first kappa shape index (κ1) is 11.2. The Hall–Kier alpha value is -1.89. The minimum absolute atomic E-state index is 0.108. The van der Waals surface area contributed by atoms with Gasteiger partial charge in [-0.25, -0.2) is 4.39 Å². The second-order valence-corrected chi connectivity index (χ2v) is 3.06. The van der Waals surface area contributed by atoms with Gasteiger partial charge >= 0.3 is 0 Å². The van der Waals surface area contributed by atoms with Gasteiger partial charge in [-0.2, -0.15) is 5.26 Å². The summed E-state index contributed by atoms with van der Waals surface area (Å²) in [6, 6.07) is 7.72. The molecule has 78 valence electrons. The zero-order valence-electron chi connectivity index (χ0n) is 8.33. The summed E-state index contributed by atoms with van der Waals surface area (Å²) in [7, 11) is 0. The topological polar surface area (TPSA) is 52.9 Å². The molecule has 1 atom stereocenters. The minimum atomic E-state index is -0.732. The second-order valence-electron chi connectivity index (χ2n) is 3.06. The Morgan fingerprint density at radius 2 is 2.27 bits per heavy atom. The highest BCUT2D eigenvalue weighted by atomic mass is 19.1. The smallest absolute Gasteiger partial charge is 0.241 e. The van der Waals surface area contributed by atoms with Crippen LogP contribution >= 0.6 is 0 Å². The summed E-state index contributed by atoms with van der Waals surface area (Å²) in [6.45, 7) is 1.73. The van der Waals surface area contributed by atoms with E-state index in [-0.39, 0.29) is 5.69 Å². The van der Waals surface area contributed by atoms with Crippen molar-refractivity contribution >= 4 is 11.6 Å². The molecule has 15 heavy (non-hydrogen) atoms. The average molecular weight is 206 g/mol. The molecule has 0 saturated heterocycles. The van der Waals surface area contributed by atoms with Crippen molar-refractivity contribution in [3.63, 3.8) is 0 Å². The van der Waals surface area contributed by atoms with Crippen molar-refractivity contribution in [2.24, 2.45) is 5.92 Å². The van der Waals surface area contributed by atoms with Gasteiger partial charge in [-0.15, -0.1) is 0 Å². The van der Waals surface area contributed by atoms with Crippen molar-refractivity contribution in [2.45, 2.75) is 13.3 Å². The molecule has 3 nitrogen and oxygen atoms in total. The van der Waals surface area contributed by atoms with E-state index < -0.39 is 17.6 Å². The number of para-hydroxylation sites is 1. The highest BCUT2D eigenvalue weighted by Gasteiger charge is 2.16. The van der Waals surface area contributed by atoms with E-state index in [0.717, 1.165) is 0 Å². The number of benzene rings is 1. The van der Waals surface area contributed by atoms with E-state index in [9.17, 15) is 9.18 Å². The molecule has 0 aliphatic rings. The Morgan fingerprint density at radius 1 is 1.60 bits per heavy atom. The third-order valence-corrected chi connectivity index (χ3v) is 2.01. The third kappa shape index (κ3) is 2.78. The fourth-order valence-electron chi connectivity index (χ4n) is 1.12. The number of nitriles is 1. The van der Waals surface area contributed by atoms with Gasteiger partial charge in [0.1, 0.15) is 11.7 Å². The van der Waals surface area contributed by atoms with Crippen molar-refractivity contribution in [2.75, 3.05) is 5.32 Å². The number of rotatable bonds is 3. The Balaban J connectivity index is 2.75. The van der Waals surface area contributed by atoms with Gasteiger partial charge in [-0.05, 0) is 18.6 Å². The van der Waals surface area contributed by atoms with E-state index in [2.05, 4.69) is 5.32 Å². The highest BCUT2D eigenvalue weighted by Crippen LogP contribution is 2.14. The van der Waals surface area contributed by atoms with Gasteiger partial charge in [-0.3, -0.25) is 4.79 Å². The number of hydrogen-bond donors (Lipinski definition) is 1. The fourth-order valence-corrected chi connectivity index (χ4v) is 1.12. The quantitative estimate of drug-likeness (QED) is 0.825. The molecule has 4 heteroatoms. The van der Waals surface area contributed by atoms with Crippen LogP contribution in [0.4, 0.5) is 10.1 Å². The van der Waals surface area contributed by atoms with Crippen LogP contribution in [-0.4, -0.2) is 5.91 Å². The molecule has 0 aliphatic carbocycles. The Kier molecular flexibility index (Phi) is 3.81. The summed E-state index contributed by atoms with van der Waals surface area (Å²) < 4.78 is 13.1. The number of hydrogen-bond acceptors (Lipinski definition) is 2. The van der Waals surface area contributed by atoms with E-state index in [1.54, 1.807) is 13.0 Å². The predicted molar refractivity (Wildman–Crippen MR) is 54.4 cm³/mol. The van der Waals surface area contributed by atoms with Crippen LogP contribution in [0.1, 0.15) is 13.3 Å². The number of carbonyl (C=O) groups is 1. The van der Waals surface area contributed by atoms with Crippen LogP contribution in [0, 0.1) is 23.1 Å². The molecule has 0 bridgehead atoms. The lowest BCUT2D eigenvalue weighted by Gasteiger charge is -2.08. The number of halogens is 1. The van der Waals surface area contributed by atoms with Gasteiger partial charge in [0.05, 0.1) is 11.8 Å². The van der Waals surface area contributed by atoms with Crippen LogP contribution < -0.4 is 5.32 Å². The molecule has 1 unspecified atom stereocenters. The van der Waals surface area contributed by atoms with Crippen LogP contribution in [0.5, 0.6) is 0 Å². The SMILES string of the molecule is CCC(C#N)C(=O)Nc1ccccc1F. The molecule has 1 aromatic rings. The molecule has 1 rings (SSSR count). The van der Waals surface area contributed by atoms with Crippen molar-refractivity contribution in [1.29, 1.82) is 5.26 Å². The number of carbonyl (C=O) groups excluding carboxylic acids is 1. The summed E-state index contributed by atoms with van der Waals surface area (Å²) >= 11 is 0. The fraction of sp³-hybridized carbons (Fsp3) is 0.273. The molecule has 0 radical (unpaired) electrons. The molecule has 1 N–H and O–H groups in total. The minimum Gasteiger partial charge on any atom is -0.322 e. The standard InChI is InChI=1S/C11H11FN2O/c1-2-8(7-13)11(15)14-10-6-4-3-5-9(10)12/h3-6,8H,2H2,1H3,(H,14,15). The Bertz CT molecular complexity index is 398. The van der Waals surface area contributed by atoms with Gasteiger partial charge in [0.15, 0.2) is 0 Å². The molecular formula is C11H11FN2O. The third-order valence-electron chi connectivity index (χ3n) is 2.01. The zero-order chi connectivity index (χ0) is 11.3. The monoisotopic (exact) mass is 206 g/mol. The van der Waals surface area contributed by atoms with Crippen molar-refractivity contribution in [3.05, 3.63) is 30.1 Å². The molecule has 0 aliphatic heterocycles. The summed E-state index contributed by atoms with van der Waals surface area (Å²) in [4.78, 5) is 11.4. The maximum absolute atomic E-state index is 13.1. The van der Waals surface area contributed by atoms with Gasteiger partial charge in [-0.1, -0.05) is 19.1 Å². The maximum Gasteiger partial charge on any atom is 0.241 e. The molecule has 0 saturated carbocycles.